The largest absolute Gasteiger partial charge is 0.453 e. The lowest BCUT2D eigenvalue weighted by Gasteiger charge is -2.23. The summed E-state index contributed by atoms with van der Waals surface area (Å²) in [6.45, 7) is 9.38. The molecule has 0 saturated heterocycles. The van der Waals surface area contributed by atoms with E-state index in [1.807, 2.05) is 39.8 Å². The standard InChI is InChI=1S/C20H27N3O4/c1-13-8-6-9-15-17(13)21-12-23(19(15)26)11-7-10-16(24)27-14(2)18(25)22-20(3,4)5/h6,8-9,12,14H,7,10-11H2,1-5H3,(H,22,25)/t14-/m0/s1. The summed E-state index contributed by atoms with van der Waals surface area (Å²) in [4.78, 5) is 40.7. The number of para-hydroxylation sites is 1. The molecule has 0 spiro atoms. The number of carbonyl (C=O) groups is 2. The van der Waals surface area contributed by atoms with Crippen LogP contribution in [-0.2, 0) is 20.9 Å². The van der Waals surface area contributed by atoms with Gasteiger partial charge in [-0.25, -0.2) is 4.98 Å². The second kappa shape index (κ2) is 8.33. The van der Waals surface area contributed by atoms with Crippen LogP contribution in [0.3, 0.4) is 0 Å². The highest BCUT2D eigenvalue weighted by Gasteiger charge is 2.22. The zero-order chi connectivity index (χ0) is 20.2. The van der Waals surface area contributed by atoms with Gasteiger partial charge in [-0.2, -0.15) is 0 Å². The molecule has 0 bridgehead atoms. The summed E-state index contributed by atoms with van der Waals surface area (Å²) >= 11 is 0. The van der Waals surface area contributed by atoms with Crippen molar-refractivity contribution in [2.75, 3.05) is 0 Å². The third-order valence-electron chi connectivity index (χ3n) is 4.01. The van der Waals surface area contributed by atoms with Gasteiger partial charge >= 0.3 is 5.97 Å². The third-order valence-corrected chi connectivity index (χ3v) is 4.01. The SMILES string of the molecule is Cc1cccc2c(=O)n(CCCC(=O)O[C@@H](C)C(=O)NC(C)(C)C)cnc12. The Morgan fingerprint density at radius 1 is 1.30 bits per heavy atom. The molecule has 0 aliphatic carbocycles. The number of nitrogens with one attached hydrogen (secondary N) is 1. The quantitative estimate of drug-likeness (QED) is 0.785. The minimum absolute atomic E-state index is 0.117. The first kappa shape index (κ1) is 20.6. The molecule has 7 heteroatoms. The number of nitrogens with zero attached hydrogens (tertiary/aromatic N) is 2. The van der Waals surface area contributed by atoms with Gasteiger partial charge in [-0.15, -0.1) is 0 Å². The lowest BCUT2D eigenvalue weighted by molar-refractivity contribution is -0.155. The molecule has 7 nitrogen and oxygen atoms in total. The molecule has 1 aromatic carbocycles. The van der Waals surface area contributed by atoms with Crippen LogP contribution in [0.25, 0.3) is 10.9 Å². The lowest BCUT2D eigenvalue weighted by Crippen LogP contribution is -2.46. The van der Waals surface area contributed by atoms with Crippen molar-refractivity contribution in [3.05, 3.63) is 40.4 Å². The summed E-state index contributed by atoms with van der Waals surface area (Å²) < 4.78 is 6.65. The number of amides is 1. The van der Waals surface area contributed by atoms with E-state index >= 15 is 0 Å². The Bertz CT molecular complexity index is 896. The summed E-state index contributed by atoms with van der Waals surface area (Å²) in [6.07, 6.45) is 1.18. The van der Waals surface area contributed by atoms with Crippen LogP contribution < -0.4 is 10.9 Å². The van der Waals surface area contributed by atoms with Gasteiger partial charge in [0.05, 0.1) is 17.2 Å². The van der Waals surface area contributed by atoms with Crippen molar-refractivity contribution in [3.8, 4) is 0 Å². The van der Waals surface area contributed by atoms with Crippen LogP contribution in [0.1, 0.15) is 46.1 Å². The zero-order valence-electron chi connectivity index (χ0n) is 16.5. The van der Waals surface area contributed by atoms with E-state index in [1.165, 1.54) is 10.9 Å². The fourth-order valence-corrected chi connectivity index (χ4v) is 2.67. The molecule has 1 amide bonds. The van der Waals surface area contributed by atoms with E-state index < -0.39 is 12.1 Å². The Morgan fingerprint density at radius 3 is 2.67 bits per heavy atom. The molecule has 27 heavy (non-hydrogen) atoms. The molecule has 0 aliphatic rings. The molecule has 1 aromatic heterocycles. The molecule has 1 N–H and O–H groups in total. The molecule has 146 valence electrons. The molecule has 1 atom stereocenters. The Labute approximate surface area is 158 Å². The first-order chi connectivity index (χ1) is 12.6. The van der Waals surface area contributed by atoms with Crippen molar-refractivity contribution in [2.24, 2.45) is 0 Å². The second-order valence-electron chi connectivity index (χ2n) is 7.69. The van der Waals surface area contributed by atoms with Gasteiger partial charge in [-0.05, 0) is 52.7 Å². The van der Waals surface area contributed by atoms with Crippen LogP contribution in [0.2, 0.25) is 0 Å². The van der Waals surface area contributed by atoms with Crippen molar-refractivity contribution in [3.63, 3.8) is 0 Å². The molecule has 0 radical (unpaired) electrons. The molecule has 0 saturated carbocycles. The maximum atomic E-state index is 12.5. The Balaban J connectivity index is 1.90. The van der Waals surface area contributed by atoms with Crippen molar-refractivity contribution >= 4 is 22.8 Å². The fraction of sp³-hybridized carbons (Fsp3) is 0.500. The van der Waals surface area contributed by atoms with Gasteiger partial charge in [0.2, 0.25) is 0 Å². The predicted octanol–water partition coefficient (Wildman–Crippen LogP) is 2.33. The minimum Gasteiger partial charge on any atom is -0.453 e. The predicted molar refractivity (Wildman–Crippen MR) is 103 cm³/mol. The van der Waals surface area contributed by atoms with E-state index in [0.29, 0.717) is 23.9 Å². The molecular weight excluding hydrogens is 346 g/mol. The monoisotopic (exact) mass is 373 g/mol. The van der Waals surface area contributed by atoms with Crippen LogP contribution in [0.15, 0.2) is 29.3 Å². The Kier molecular flexibility index (Phi) is 6.36. The van der Waals surface area contributed by atoms with E-state index in [2.05, 4.69) is 10.3 Å². The van der Waals surface area contributed by atoms with Gasteiger partial charge in [-0.3, -0.25) is 19.0 Å². The number of esters is 1. The van der Waals surface area contributed by atoms with E-state index in [9.17, 15) is 14.4 Å². The topological polar surface area (TPSA) is 90.3 Å². The van der Waals surface area contributed by atoms with Crippen LogP contribution >= 0.6 is 0 Å². The number of ether oxygens (including phenoxy) is 1. The first-order valence-corrected chi connectivity index (χ1v) is 9.05. The van der Waals surface area contributed by atoms with Crippen molar-refractivity contribution in [1.29, 1.82) is 0 Å². The number of benzene rings is 1. The Morgan fingerprint density at radius 2 is 2.00 bits per heavy atom. The van der Waals surface area contributed by atoms with Gasteiger partial charge in [0, 0.05) is 18.5 Å². The van der Waals surface area contributed by atoms with Crippen molar-refractivity contribution in [2.45, 2.75) is 65.6 Å². The molecule has 2 aromatic rings. The first-order valence-electron chi connectivity index (χ1n) is 9.05. The van der Waals surface area contributed by atoms with E-state index in [4.69, 9.17) is 4.74 Å². The number of aromatic nitrogens is 2. The second-order valence-corrected chi connectivity index (χ2v) is 7.69. The van der Waals surface area contributed by atoms with Crippen LogP contribution in [0.4, 0.5) is 0 Å². The van der Waals surface area contributed by atoms with Crippen LogP contribution in [-0.4, -0.2) is 33.1 Å². The maximum absolute atomic E-state index is 12.5. The highest BCUT2D eigenvalue weighted by Crippen LogP contribution is 2.11. The molecule has 2 rings (SSSR count). The maximum Gasteiger partial charge on any atom is 0.306 e. The average Bonchev–Trinajstić information content (AvgIpc) is 2.56. The summed E-state index contributed by atoms with van der Waals surface area (Å²) in [5, 5.41) is 3.33. The number of aryl methyl sites for hydroxylation is 2. The van der Waals surface area contributed by atoms with Crippen LogP contribution in [0.5, 0.6) is 0 Å². The summed E-state index contributed by atoms with van der Waals surface area (Å²) in [7, 11) is 0. The highest BCUT2D eigenvalue weighted by atomic mass is 16.5. The molecule has 1 heterocycles. The third kappa shape index (κ3) is 5.64. The highest BCUT2D eigenvalue weighted by molar-refractivity contribution is 5.84. The fourth-order valence-electron chi connectivity index (χ4n) is 2.67. The zero-order valence-corrected chi connectivity index (χ0v) is 16.5. The number of hydrogen-bond acceptors (Lipinski definition) is 5. The normalized spacial score (nSPS) is 12.6. The number of rotatable bonds is 6. The van der Waals surface area contributed by atoms with Crippen LogP contribution in [0, 0.1) is 6.92 Å². The lowest BCUT2D eigenvalue weighted by atomic mass is 10.1. The average molecular weight is 373 g/mol. The summed E-state index contributed by atoms with van der Waals surface area (Å²) in [6, 6.07) is 5.48. The number of hydrogen-bond donors (Lipinski definition) is 1. The van der Waals surface area contributed by atoms with Gasteiger partial charge in [0.25, 0.3) is 11.5 Å². The summed E-state index contributed by atoms with van der Waals surface area (Å²) in [5.41, 5.74) is 1.12. The number of carbonyl (C=O) groups excluding carboxylic acids is 2. The van der Waals surface area contributed by atoms with E-state index in [1.54, 1.807) is 13.0 Å². The smallest absolute Gasteiger partial charge is 0.306 e. The Hall–Kier alpha value is -2.70. The minimum atomic E-state index is -0.857. The molecule has 0 fully saturated rings. The molecule has 0 unspecified atom stereocenters. The molecule has 0 aliphatic heterocycles. The van der Waals surface area contributed by atoms with Crippen molar-refractivity contribution in [1.82, 2.24) is 14.9 Å². The van der Waals surface area contributed by atoms with Gasteiger partial charge in [0.15, 0.2) is 6.10 Å². The van der Waals surface area contributed by atoms with Gasteiger partial charge in [0.1, 0.15) is 0 Å². The molecular formula is C20H27N3O4. The van der Waals surface area contributed by atoms with E-state index in [-0.39, 0.29) is 23.4 Å². The van der Waals surface area contributed by atoms with Gasteiger partial charge in [-0.1, -0.05) is 12.1 Å². The van der Waals surface area contributed by atoms with Crippen molar-refractivity contribution < 1.29 is 14.3 Å². The number of fused-ring (bicyclic) bond motifs is 1. The van der Waals surface area contributed by atoms with Gasteiger partial charge < -0.3 is 10.1 Å². The van der Waals surface area contributed by atoms with E-state index in [0.717, 1.165) is 5.56 Å². The summed E-state index contributed by atoms with van der Waals surface area (Å²) in [5.74, 6) is -0.801.